The average Bonchev–Trinajstić information content (AvgIpc) is 3.34. The molecule has 0 aliphatic carbocycles. The lowest BCUT2D eigenvalue weighted by atomic mass is 9.69. The summed E-state index contributed by atoms with van der Waals surface area (Å²) in [4.78, 5) is 16.2. The second-order valence-electron chi connectivity index (χ2n) is 8.72. The Hall–Kier alpha value is -4.54. The number of ether oxygens (including phenoxy) is 1. The van der Waals surface area contributed by atoms with Crippen LogP contribution in [0.2, 0.25) is 5.02 Å². The van der Waals surface area contributed by atoms with Gasteiger partial charge in [0.25, 0.3) is 0 Å². The number of anilines is 1. The van der Waals surface area contributed by atoms with Crippen LogP contribution in [0.25, 0.3) is 5.69 Å². The summed E-state index contributed by atoms with van der Waals surface area (Å²) < 4.78 is 7.63. The smallest absolute Gasteiger partial charge is 0.248 e. The van der Waals surface area contributed by atoms with E-state index >= 15 is 0 Å². The molecule has 1 spiro atoms. The van der Waals surface area contributed by atoms with Crippen LogP contribution in [0.5, 0.6) is 5.88 Å². The molecule has 6 rings (SSSR count). The van der Waals surface area contributed by atoms with Crippen LogP contribution in [0, 0.1) is 18.3 Å². The van der Waals surface area contributed by atoms with E-state index in [0.717, 1.165) is 11.3 Å². The van der Waals surface area contributed by atoms with Crippen LogP contribution in [0.1, 0.15) is 22.4 Å². The third kappa shape index (κ3) is 2.85. The SMILES string of the molecule is Cc1nn(-c2ccccc2)c2c1[C@]1(C(=O)N(Cc3ccccc3Cl)c3ccccc31)C(C#N)=C(N)O2. The van der Waals surface area contributed by atoms with E-state index in [-0.39, 0.29) is 23.9 Å². The lowest BCUT2D eigenvalue weighted by Gasteiger charge is -2.33. The minimum Gasteiger partial charge on any atom is -0.422 e. The highest BCUT2D eigenvalue weighted by Gasteiger charge is 2.61. The normalized spacial score (nSPS) is 18.1. The number of benzene rings is 3. The zero-order valence-electron chi connectivity index (χ0n) is 19.3. The summed E-state index contributed by atoms with van der Waals surface area (Å²) in [5, 5.41) is 15.6. The Labute approximate surface area is 212 Å². The highest BCUT2D eigenvalue weighted by atomic mass is 35.5. The van der Waals surface area contributed by atoms with Gasteiger partial charge in [-0.15, -0.1) is 0 Å². The molecule has 3 heterocycles. The van der Waals surface area contributed by atoms with E-state index in [1.54, 1.807) is 15.6 Å². The molecule has 8 heteroatoms. The summed E-state index contributed by atoms with van der Waals surface area (Å²) in [5.41, 5.74) is 8.86. The third-order valence-corrected chi connectivity index (χ3v) is 7.15. The Balaban J connectivity index is 1.64. The first kappa shape index (κ1) is 22.0. The standard InChI is InChI=1S/C28H20ClN5O2/c1-17-24-26(34(32-17)19-10-3-2-4-11-19)36-25(31)21(15-30)28(24)20-12-6-8-14-23(20)33(27(28)35)16-18-9-5-7-13-22(18)29/h2-14H,16,31H2,1H3/t28-/m1/s1. The maximum Gasteiger partial charge on any atom is 0.248 e. The van der Waals surface area contributed by atoms with Crippen LogP contribution < -0.4 is 15.4 Å². The number of rotatable bonds is 3. The van der Waals surface area contributed by atoms with Crippen molar-refractivity contribution in [3.05, 3.63) is 118 Å². The van der Waals surface area contributed by atoms with E-state index in [1.807, 2.05) is 79.7 Å². The number of carbonyl (C=O) groups is 1. The van der Waals surface area contributed by atoms with Crippen molar-refractivity contribution in [3.63, 3.8) is 0 Å². The fraction of sp³-hybridized carbons (Fsp3) is 0.107. The first-order valence-corrected chi connectivity index (χ1v) is 11.7. The molecule has 0 fully saturated rings. The number of nitrogens with two attached hydrogens (primary N) is 1. The molecule has 4 aromatic rings. The minimum atomic E-state index is -1.50. The molecule has 1 atom stereocenters. The summed E-state index contributed by atoms with van der Waals surface area (Å²) in [7, 11) is 0. The lowest BCUT2D eigenvalue weighted by molar-refractivity contribution is -0.121. The number of para-hydroxylation sites is 2. The number of aryl methyl sites for hydroxylation is 1. The van der Waals surface area contributed by atoms with E-state index in [0.29, 0.717) is 33.4 Å². The Morgan fingerprint density at radius 3 is 2.50 bits per heavy atom. The predicted molar refractivity (Wildman–Crippen MR) is 136 cm³/mol. The summed E-state index contributed by atoms with van der Waals surface area (Å²) in [5.74, 6) is -0.105. The fourth-order valence-corrected chi connectivity index (χ4v) is 5.47. The predicted octanol–water partition coefficient (Wildman–Crippen LogP) is 4.75. The van der Waals surface area contributed by atoms with Crippen molar-refractivity contribution in [3.8, 4) is 17.6 Å². The van der Waals surface area contributed by atoms with E-state index in [4.69, 9.17) is 27.2 Å². The highest BCUT2D eigenvalue weighted by molar-refractivity contribution is 6.31. The molecule has 2 N–H and O–H groups in total. The van der Waals surface area contributed by atoms with Gasteiger partial charge in [-0.2, -0.15) is 10.4 Å². The Bertz CT molecular complexity index is 1620. The Morgan fingerprint density at radius 1 is 1.06 bits per heavy atom. The minimum absolute atomic E-state index is 0.0461. The number of nitrogens with zero attached hydrogens (tertiary/aromatic N) is 4. The summed E-state index contributed by atoms with van der Waals surface area (Å²) >= 11 is 6.46. The van der Waals surface area contributed by atoms with E-state index in [1.165, 1.54) is 0 Å². The van der Waals surface area contributed by atoms with E-state index in [9.17, 15) is 10.1 Å². The van der Waals surface area contributed by atoms with Gasteiger partial charge in [0.1, 0.15) is 17.1 Å². The van der Waals surface area contributed by atoms with Crippen molar-refractivity contribution in [2.24, 2.45) is 5.73 Å². The molecule has 1 aromatic heterocycles. The zero-order valence-corrected chi connectivity index (χ0v) is 20.0. The number of carbonyl (C=O) groups excluding carboxylic acids is 1. The summed E-state index contributed by atoms with van der Waals surface area (Å²) in [6, 6.07) is 26.5. The largest absolute Gasteiger partial charge is 0.422 e. The van der Waals surface area contributed by atoms with Crippen molar-refractivity contribution in [2.45, 2.75) is 18.9 Å². The number of aromatic nitrogens is 2. The van der Waals surface area contributed by atoms with Gasteiger partial charge in [0.15, 0.2) is 0 Å². The zero-order chi connectivity index (χ0) is 25.0. The van der Waals surface area contributed by atoms with Gasteiger partial charge in [-0.25, -0.2) is 4.68 Å². The van der Waals surface area contributed by atoms with Crippen molar-refractivity contribution in [1.29, 1.82) is 5.26 Å². The van der Waals surface area contributed by atoms with Crippen molar-refractivity contribution in [2.75, 3.05) is 4.90 Å². The van der Waals surface area contributed by atoms with Crippen LogP contribution in [0.3, 0.4) is 0 Å². The summed E-state index contributed by atoms with van der Waals surface area (Å²) in [6.07, 6.45) is 0. The molecule has 3 aromatic carbocycles. The maximum atomic E-state index is 14.6. The number of hydrogen-bond donors (Lipinski definition) is 1. The molecule has 0 bridgehead atoms. The molecule has 0 saturated carbocycles. The number of amides is 1. The molecular formula is C28H20ClN5O2. The molecular weight excluding hydrogens is 474 g/mol. The first-order valence-electron chi connectivity index (χ1n) is 11.4. The molecule has 176 valence electrons. The number of fused-ring (bicyclic) bond motifs is 4. The van der Waals surface area contributed by atoms with Crippen molar-refractivity contribution >= 4 is 23.2 Å². The third-order valence-electron chi connectivity index (χ3n) is 6.78. The molecule has 0 radical (unpaired) electrons. The fourth-order valence-electron chi connectivity index (χ4n) is 5.27. The maximum absolute atomic E-state index is 14.6. The van der Waals surface area contributed by atoms with E-state index < -0.39 is 5.41 Å². The van der Waals surface area contributed by atoms with Gasteiger partial charge in [0.05, 0.1) is 23.5 Å². The van der Waals surface area contributed by atoms with Crippen LogP contribution in [-0.4, -0.2) is 15.7 Å². The average molecular weight is 494 g/mol. The van der Waals surface area contributed by atoms with E-state index in [2.05, 4.69) is 6.07 Å². The topological polar surface area (TPSA) is 97.2 Å². The van der Waals surface area contributed by atoms with Crippen molar-refractivity contribution < 1.29 is 9.53 Å². The molecule has 2 aliphatic rings. The highest BCUT2D eigenvalue weighted by Crippen LogP contribution is 2.56. The van der Waals surface area contributed by atoms with Gasteiger partial charge in [0.2, 0.25) is 17.7 Å². The monoisotopic (exact) mass is 493 g/mol. The molecule has 0 unspecified atom stereocenters. The second kappa shape index (κ2) is 8.01. The molecule has 36 heavy (non-hydrogen) atoms. The van der Waals surface area contributed by atoms with Gasteiger partial charge in [-0.1, -0.05) is 66.2 Å². The van der Waals surface area contributed by atoms with Crippen molar-refractivity contribution in [1.82, 2.24) is 9.78 Å². The van der Waals surface area contributed by atoms with Crippen LogP contribution in [-0.2, 0) is 16.8 Å². The molecule has 1 amide bonds. The van der Waals surface area contributed by atoms with Crippen LogP contribution in [0.15, 0.2) is 90.3 Å². The Kier molecular flexibility index (Phi) is 4.88. The molecule has 0 saturated heterocycles. The quantitative estimate of drug-likeness (QED) is 0.444. The van der Waals surface area contributed by atoms with Gasteiger partial charge in [0, 0.05) is 16.3 Å². The van der Waals surface area contributed by atoms with Gasteiger partial charge >= 0.3 is 0 Å². The number of hydrogen-bond acceptors (Lipinski definition) is 5. The second-order valence-corrected chi connectivity index (χ2v) is 9.12. The van der Waals surface area contributed by atoms with Gasteiger partial charge < -0.3 is 15.4 Å². The Morgan fingerprint density at radius 2 is 1.75 bits per heavy atom. The molecule has 2 aliphatic heterocycles. The lowest BCUT2D eigenvalue weighted by Crippen LogP contribution is -2.46. The molecule has 7 nitrogen and oxygen atoms in total. The van der Waals surface area contributed by atoms with Crippen LogP contribution >= 0.6 is 11.6 Å². The number of halogens is 1. The summed E-state index contributed by atoms with van der Waals surface area (Å²) in [6.45, 7) is 2.05. The van der Waals surface area contributed by atoms with Gasteiger partial charge in [-0.05, 0) is 36.8 Å². The number of nitriles is 1. The van der Waals surface area contributed by atoms with Crippen LogP contribution in [0.4, 0.5) is 5.69 Å². The van der Waals surface area contributed by atoms with Gasteiger partial charge in [-0.3, -0.25) is 4.79 Å². The first-order chi connectivity index (χ1) is 17.5.